The molecule has 0 N–H and O–H groups in total. The second-order valence-electron chi connectivity index (χ2n) is 8.84. The van der Waals surface area contributed by atoms with Crippen LogP contribution in [0.1, 0.15) is 116 Å². The van der Waals surface area contributed by atoms with Crippen LogP contribution in [0.25, 0.3) is 0 Å². The highest BCUT2D eigenvalue weighted by Crippen LogP contribution is 2.94. The molecular weight excluding hydrogens is 576 g/mol. The molecule has 0 aromatic rings. The van der Waals surface area contributed by atoms with Crippen LogP contribution in [0.15, 0.2) is 0 Å². The minimum absolute atomic E-state index is 1.05. The molecule has 33 heavy (non-hydrogen) atoms. The number of thiol groups is 2. The topological polar surface area (TPSA) is 0 Å². The second kappa shape index (κ2) is 26.8. The van der Waals surface area contributed by atoms with E-state index in [1.807, 2.05) is 0 Å². The van der Waals surface area contributed by atoms with Crippen molar-refractivity contribution in [2.75, 3.05) is 34.9 Å². The molecular formula is C24H50PS8+. The average Bonchev–Trinajstić information content (AvgIpc) is 2.88. The van der Waals surface area contributed by atoms with Crippen molar-refractivity contribution in [3.8, 4) is 0 Å². The fraction of sp³-hybridized carbons (Fsp3) is 1.00. The molecule has 0 nitrogen and oxygen atoms in total. The number of rotatable bonds is 20. The van der Waals surface area contributed by atoms with E-state index in [-0.39, 0.29) is 0 Å². The van der Waals surface area contributed by atoms with E-state index >= 15 is 0 Å². The summed E-state index contributed by atoms with van der Waals surface area (Å²) >= 11 is 8.66. The third-order valence-corrected chi connectivity index (χ3v) is 34.5. The van der Waals surface area contributed by atoms with Gasteiger partial charge in [0, 0.05) is 17.3 Å². The molecule has 0 atom stereocenters. The highest BCUT2D eigenvalue weighted by Gasteiger charge is 2.44. The van der Waals surface area contributed by atoms with Gasteiger partial charge in [0.25, 0.3) is 0 Å². The maximum Gasteiger partial charge on any atom is 0.226 e. The summed E-state index contributed by atoms with van der Waals surface area (Å²) in [5, 5.41) is 0. The molecule has 0 radical (unpaired) electrons. The zero-order valence-electron chi connectivity index (χ0n) is 20.8. The van der Waals surface area contributed by atoms with Crippen molar-refractivity contribution in [3.05, 3.63) is 0 Å². The van der Waals surface area contributed by atoms with Crippen molar-refractivity contribution in [2.45, 2.75) is 116 Å². The molecule has 1 rings (SSSR count). The lowest BCUT2D eigenvalue weighted by atomic mass is 10.1. The van der Waals surface area contributed by atoms with Gasteiger partial charge in [-0.05, 0) is 88.8 Å². The smallest absolute Gasteiger partial charge is 0.179 e. The van der Waals surface area contributed by atoms with Crippen molar-refractivity contribution in [1.82, 2.24) is 0 Å². The van der Waals surface area contributed by atoms with E-state index in [0.29, 0.717) is 0 Å². The van der Waals surface area contributed by atoms with Gasteiger partial charge in [-0.15, -0.1) is 0 Å². The van der Waals surface area contributed by atoms with Crippen molar-refractivity contribution in [2.24, 2.45) is 0 Å². The minimum atomic E-state index is -1.05. The molecule has 1 aliphatic rings. The summed E-state index contributed by atoms with van der Waals surface area (Å²) in [5.74, 6) is 6.17. The first-order valence-electron chi connectivity index (χ1n) is 13.4. The Labute approximate surface area is 242 Å². The maximum absolute atomic E-state index is 4.35. The SMILES string of the molecule is SCCCCCCCCCCCC[P+]1(SSCCCCCCS)SSCCCCCCSS1. The fourth-order valence-electron chi connectivity index (χ4n) is 3.64. The van der Waals surface area contributed by atoms with Gasteiger partial charge < -0.3 is 0 Å². The third-order valence-electron chi connectivity index (χ3n) is 5.68. The number of hydrogen-bond acceptors (Lipinski definition) is 8. The summed E-state index contributed by atoms with van der Waals surface area (Å²) in [5.41, 5.74) is 0. The van der Waals surface area contributed by atoms with Crippen LogP contribution in [0.3, 0.4) is 0 Å². The number of unbranched alkanes of at least 4 members (excludes halogenated alkanes) is 12. The van der Waals surface area contributed by atoms with E-state index in [4.69, 9.17) is 0 Å². The van der Waals surface area contributed by atoms with Crippen molar-refractivity contribution in [1.29, 1.82) is 0 Å². The van der Waals surface area contributed by atoms with Gasteiger partial charge in [0.15, 0.2) is 0 Å². The molecule has 0 spiro atoms. The maximum atomic E-state index is 4.35. The first-order valence-corrected chi connectivity index (χ1v) is 25.4. The standard InChI is InChI=1S/C24H49PS8/c26-20-14-8-6-4-2-1-3-5-7-13-19-25(31-28-22-16-10-9-15-21-27)32-29-23-17-11-12-18-24-30-33-25/h1-24H2,(H-,26,27)/p+1. The zero-order chi connectivity index (χ0) is 23.7. The summed E-state index contributed by atoms with van der Waals surface area (Å²) in [6.45, 7) is 0. The van der Waals surface area contributed by atoms with Gasteiger partial charge in [0.1, 0.15) is 31.2 Å². The van der Waals surface area contributed by atoms with Crippen LogP contribution < -0.4 is 0 Å². The van der Waals surface area contributed by atoms with Crippen LogP contribution in [0.4, 0.5) is 0 Å². The molecule has 9 heteroatoms. The van der Waals surface area contributed by atoms with Gasteiger partial charge >= 0.3 is 0 Å². The van der Waals surface area contributed by atoms with Crippen molar-refractivity contribution < 1.29 is 0 Å². The fourth-order valence-corrected chi connectivity index (χ4v) is 35.9. The predicted molar refractivity (Wildman–Crippen MR) is 183 cm³/mol. The van der Waals surface area contributed by atoms with Gasteiger partial charge in [-0.1, -0.05) is 70.6 Å². The zero-order valence-corrected chi connectivity index (χ0v) is 28.3. The Balaban J connectivity index is 2.32. The van der Waals surface area contributed by atoms with Gasteiger partial charge in [-0.3, -0.25) is 0 Å². The Morgan fingerprint density at radius 1 is 0.545 bits per heavy atom. The molecule has 0 bridgehead atoms. The molecule has 198 valence electrons. The van der Waals surface area contributed by atoms with Crippen LogP contribution >= 0.6 is 93.7 Å². The summed E-state index contributed by atoms with van der Waals surface area (Å²) in [7, 11) is 13.6. The number of hydrogen-bond donors (Lipinski definition) is 2. The molecule has 0 aromatic carbocycles. The first kappa shape index (κ1) is 34.3. The molecule has 1 saturated heterocycles. The molecule has 1 fully saturated rings. The predicted octanol–water partition coefficient (Wildman–Crippen LogP) is 12.8. The van der Waals surface area contributed by atoms with E-state index in [0.717, 1.165) is 11.5 Å². The Morgan fingerprint density at radius 2 is 1.00 bits per heavy atom. The third kappa shape index (κ3) is 21.8. The highest BCUT2D eigenvalue weighted by atomic mass is 33.8. The molecule has 0 amide bonds. The molecule has 0 saturated carbocycles. The molecule has 0 aliphatic carbocycles. The van der Waals surface area contributed by atoms with Crippen molar-refractivity contribution >= 4 is 93.7 Å². The monoisotopic (exact) mass is 625 g/mol. The van der Waals surface area contributed by atoms with E-state index in [1.165, 1.54) is 139 Å². The lowest BCUT2D eigenvalue weighted by molar-refractivity contribution is 0.564. The van der Waals surface area contributed by atoms with Crippen LogP contribution in [-0.2, 0) is 0 Å². The normalized spacial score (nSPS) is 17.6. The minimum Gasteiger partial charge on any atom is -0.179 e. The van der Waals surface area contributed by atoms with Gasteiger partial charge in [0.05, 0.1) is 6.16 Å². The van der Waals surface area contributed by atoms with Crippen molar-refractivity contribution in [3.63, 3.8) is 0 Å². The second-order valence-corrected chi connectivity index (χ2v) is 29.0. The van der Waals surface area contributed by atoms with Crippen LogP contribution in [0.5, 0.6) is 0 Å². The van der Waals surface area contributed by atoms with Gasteiger partial charge in [-0.25, -0.2) is 0 Å². The molecule has 0 aromatic heterocycles. The Morgan fingerprint density at radius 3 is 1.52 bits per heavy atom. The molecule has 1 heterocycles. The van der Waals surface area contributed by atoms with Gasteiger partial charge in [0.2, 0.25) is 4.87 Å². The van der Waals surface area contributed by atoms with E-state index in [9.17, 15) is 0 Å². The van der Waals surface area contributed by atoms with Crippen LogP contribution in [0, 0.1) is 0 Å². The summed E-state index contributed by atoms with van der Waals surface area (Å²) in [6, 6.07) is 0. The van der Waals surface area contributed by atoms with E-state index < -0.39 is 4.87 Å². The first-order chi connectivity index (χ1) is 16.3. The Kier molecular flexibility index (Phi) is 27.8. The summed E-state index contributed by atoms with van der Waals surface area (Å²) in [6.07, 6.45) is 26.9. The lowest BCUT2D eigenvalue weighted by Crippen LogP contribution is -1.89. The highest BCUT2D eigenvalue weighted by molar-refractivity contribution is 9.45. The molecule has 1 aliphatic heterocycles. The largest absolute Gasteiger partial charge is 0.226 e. The van der Waals surface area contributed by atoms with Crippen LogP contribution in [-0.4, -0.2) is 34.9 Å². The summed E-state index contributed by atoms with van der Waals surface area (Å²) < 4.78 is 0. The Bertz CT molecular complexity index is 391. The average molecular weight is 626 g/mol. The van der Waals surface area contributed by atoms with Gasteiger partial charge in [-0.2, -0.15) is 25.3 Å². The quantitative estimate of drug-likeness (QED) is 0.0593. The lowest BCUT2D eigenvalue weighted by Gasteiger charge is -2.20. The van der Waals surface area contributed by atoms with Crippen LogP contribution in [0.2, 0.25) is 0 Å². The Hall–Kier alpha value is 3.23. The molecule has 0 unspecified atom stereocenters. The van der Waals surface area contributed by atoms with E-state index in [1.54, 1.807) is 0 Å². The van der Waals surface area contributed by atoms with E-state index in [2.05, 4.69) is 88.9 Å². The summed E-state index contributed by atoms with van der Waals surface area (Å²) in [4.78, 5) is -1.05.